The minimum absolute atomic E-state index is 0.172. The number of ether oxygens (including phenoxy) is 1. The highest BCUT2D eigenvalue weighted by Gasteiger charge is 2.26. The Labute approximate surface area is 123 Å². The van der Waals surface area contributed by atoms with Gasteiger partial charge in [0, 0.05) is 13.1 Å². The maximum absolute atomic E-state index is 9.83. The summed E-state index contributed by atoms with van der Waals surface area (Å²) in [5.74, 6) is 0.700. The summed E-state index contributed by atoms with van der Waals surface area (Å²) in [5, 5.41) is 9.83. The summed E-state index contributed by atoms with van der Waals surface area (Å²) in [4.78, 5) is 2.47. The molecule has 1 aromatic carbocycles. The highest BCUT2D eigenvalue weighted by atomic mass is 79.9. The van der Waals surface area contributed by atoms with Crippen molar-refractivity contribution < 1.29 is 9.84 Å². The molecule has 1 aromatic rings. The van der Waals surface area contributed by atoms with E-state index in [0.717, 1.165) is 19.6 Å². The number of piperidine rings is 1. The lowest BCUT2D eigenvalue weighted by molar-refractivity contribution is 0.111. The van der Waals surface area contributed by atoms with E-state index in [-0.39, 0.29) is 5.75 Å². The molecular formula is C15H22BrNO2. The zero-order chi connectivity index (χ0) is 14.0. The Bertz CT molecular complexity index is 460. The van der Waals surface area contributed by atoms with Gasteiger partial charge in [-0.2, -0.15) is 0 Å². The Hall–Kier alpha value is -0.740. The molecule has 19 heavy (non-hydrogen) atoms. The molecule has 106 valence electrons. The van der Waals surface area contributed by atoms with E-state index in [0.29, 0.717) is 15.6 Å². The fourth-order valence-corrected chi connectivity index (χ4v) is 3.30. The average molecular weight is 328 g/mol. The first-order valence-electron chi connectivity index (χ1n) is 6.69. The van der Waals surface area contributed by atoms with Crippen molar-refractivity contribution in [3.63, 3.8) is 0 Å². The third-order valence-corrected chi connectivity index (χ3v) is 4.30. The summed E-state index contributed by atoms with van der Waals surface area (Å²) in [5.41, 5.74) is 1.57. The van der Waals surface area contributed by atoms with Crippen LogP contribution in [0.25, 0.3) is 0 Å². The predicted octanol–water partition coefficient (Wildman–Crippen LogP) is 3.79. The van der Waals surface area contributed by atoms with Gasteiger partial charge in [-0.05, 0) is 58.4 Å². The Morgan fingerprint density at radius 2 is 2.16 bits per heavy atom. The number of halogens is 1. The van der Waals surface area contributed by atoms with Crippen molar-refractivity contribution in [3.05, 3.63) is 22.2 Å². The maximum atomic E-state index is 9.83. The Morgan fingerprint density at radius 1 is 1.42 bits per heavy atom. The van der Waals surface area contributed by atoms with E-state index in [1.165, 1.54) is 18.4 Å². The second-order valence-electron chi connectivity index (χ2n) is 6.11. The third-order valence-electron chi connectivity index (χ3n) is 3.69. The van der Waals surface area contributed by atoms with Gasteiger partial charge in [0.1, 0.15) is 0 Å². The number of hydrogen-bond acceptors (Lipinski definition) is 3. The van der Waals surface area contributed by atoms with Crippen LogP contribution < -0.4 is 4.74 Å². The van der Waals surface area contributed by atoms with Gasteiger partial charge in [0.25, 0.3) is 0 Å². The topological polar surface area (TPSA) is 32.7 Å². The highest BCUT2D eigenvalue weighted by Crippen LogP contribution is 2.36. The first-order valence-corrected chi connectivity index (χ1v) is 7.48. The van der Waals surface area contributed by atoms with Gasteiger partial charge in [0.2, 0.25) is 0 Å². The quantitative estimate of drug-likeness (QED) is 0.916. The van der Waals surface area contributed by atoms with E-state index < -0.39 is 0 Å². The zero-order valence-corrected chi connectivity index (χ0v) is 13.5. The van der Waals surface area contributed by atoms with Crippen LogP contribution in [0.2, 0.25) is 0 Å². The Balaban J connectivity index is 2.13. The van der Waals surface area contributed by atoms with E-state index >= 15 is 0 Å². The summed E-state index contributed by atoms with van der Waals surface area (Å²) in [7, 11) is 1.58. The van der Waals surface area contributed by atoms with Crippen molar-refractivity contribution in [2.24, 2.45) is 5.41 Å². The second-order valence-corrected chi connectivity index (χ2v) is 6.96. The van der Waals surface area contributed by atoms with E-state index in [9.17, 15) is 5.11 Å². The van der Waals surface area contributed by atoms with Crippen LogP contribution in [0.15, 0.2) is 16.6 Å². The second kappa shape index (κ2) is 5.71. The van der Waals surface area contributed by atoms with Gasteiger partial charge < -0.3 is 9.84 Å². The van der Waals surface area contributed by atoms with Crippen molar-refractivity contribution in [2.45, 2.75) is 33.2 Å². The number of nitrogens with zero attached hydrogens (tertiary/aromatic N) is 1. The molecule has 0 atom stereocenters. The molecule has 1 saturated heterocycles. The minimum atomic E-state index is 0.172. The number of phenolic OH excluding ortho intramolecular Hbond substituents is 1. The molecule has 1 N–H and O–H groups in total. The van der Waals surface area contributed by atoms with Gasteiger partial charge in [-0.1, -0.05) is 13.8 Å². The first kappa shape index (κ1) is 14.7. The molecule has 0 amide bonds. The Morgan fingerprint density at radius 3 is 2.79 bits per heavy atom. The number of aromatic hydroxyl groups is 1. The molecule has 0 saturated carbocycles. The van der Waals surface area contributed by atoms with Gasteiger partial charge >= 0.3 is 0 Å². The third kappa shape index (κ3) is 3.63. The number of benzene rings is 1. The monoisotopic (exact) mass is 327 g/mol. The Kier molecular flexibility index (Phi) is 4.41. The van der Waals surface area contributed by atoms with E-state index in [1.54, 1.807) is 7.11 Å². The molecule has 1 heterocycles. The standard InChI is InChI=1S/C15H22BrNO2/c1-15(2)5-4-6-17(10-15)9-11-7-12(16)14(18)13(8-11)19-3/h7-8,18H,4-6,9-10H2,1-3H3. The van der Waals surface area contributed by atoms with Crippen molar-refractivity contribution >= 4 is 15.9 Å². The van der Waals surface area contributed by atoms with E-state index in [2.05, 4.69) is 34.7 Å². The van der Waals surface area contributed by atoms with E-state index in [4.69, 9.17) is 4.74 Å². The fourth-order valence-electron chi connectivity index (χ4n) is 2.81. The summed E-state index contributed by atoms with van der Waals surface area (Å²) in [6, 6.07) is 3.89. The van der Waals surface area contributed by atoms with Gasteiger partial charge in [-0.25, -0.2) is 0 Å². The molecule has 0 radical (unpaired) electrons. The van der Waals surface area contributed by atoms with Crippen LogP contribution in [0, 0.1) is 5.41 Å². The molecule has 2 rings (SSSR count). The summed E-state index contributed by atoms with van der Waals surface area (Å²) in [6.45, 7) is 7.82. The van der Waals surface area contributed by atoms with Gasteiger partial charge in [-0.3, -0.25) is 4.90 Å². The fraction of sp³-hybridized carbons (Fsp3) is 0.600. The van der Waals surface area contributed by atoms with Crippen LogP contribution >= 0.6 is 15.9 Å². The molecule has 0 aromatic heterocycles. The molecule has 3 nitrogen and oxygen atoms in total. The van der Waals surface area contributed by atoms with Gasteiger partial charge in [0.05, 0.1) is 11.6 Å². The maximum Gasteiger partial charge on any atom is 0.172 e. The molecule has 0 bridgehead atoms. The lowest BCUT2D eigenvalue weighted by Gasteiger charge is -2.38. The SMILES string of the molecule is COc1cc(CN2CCCC(C)(C)C2)cc(Br)c1O. The molecule has 0 unspecified atom stereocenters. The van der Waals surface area contributed by atoms with Crippen molar-refractivity contribution in [1.82, 2.24) is 4.90 Å². The highest BCUT2D eigenvalue weighted by molar-refractivity contribution is 9.10. The number of phenols is 1. The molecular weight excluding hydrogens is 306 g/mol. The molecule has 0 spiro atoms. The number of rotatable bonds is 3. The predicted molar refractivity (Wildman–Crippen MR) is 80.7 cm³/mol. The van der Waals surface area contributed by atoms with Crippen LogP contribution in [0.5, 0.6) is 11.5 Å². The molecule has 1 aliphatic rings. The van der Waals surface area contributed by atoms with Crippen LogP contribution in [-0.4, -0.2) is 30.2 Å². The minimum Gasteiger partial charge on any atom is -0.503 e. The van der Waals surface area contributed by atoms with Gasteiger partial charge in [-0.15, -0.1) is 0 Å². The summed E-state index contributed by atoms with van der Waals surface area (Å²) >= 11 is 3.38. The first-order chi connectivity index (χ1) is 8.91. The molecule has 1 aliphatic heterocycles. The van der Waals surface area contributed by atoms with Gasteiger partial charge in [0.15, 0.2) is 11.5 Å². The van der Waals surface area contributed by atoms with Crippen LogP contribution in [0.1, 0.15) is 32.3 Å². The lowest BCUT2D eigenvalue weighted by Crippen LogP contribution is -2.39. The largest absolute Gasteiger partial charge is 0.503 e. The smallest absolute Gasteiger partial charge is 0.172 e. The average Bonchev–Trinajstić information content (AvgIpc) is 2.32. The van der Waals surface area contributed by atoms with Crippen molar-refractivity contribution in [3.8, 4) is 11.5 Å². The van der Waals surface area contributed by atoms with Crippen LogP contribution in [0.3, 0.4) is 0 Å². The number of hydrogen-bond donors (Lipinski definition) is 1. The normalized spacial score (nSPS) is 19.4. The summed E-state index contributed by atoms with van der Waals surface area (Å²) in [6.07, 6.45) is 2.55. The molecule has 0 aliphatic carbocycles. The summed E-state index contributed by atoms with van der Waals surface area (Å²) < 4.78 is 5.89. The molecule has 4 heteroatoms. The van der Waals surface area contributed by atoms with E-state index in [1.807, 2.05) is 12.1 Å². The lowest BCUT2D eigenvalue weighted by atomic mass is 9.84. The number of likely N-dealkylation sites (tertiary alicyclic amines) is 1. The molecule has 1 fully saturated rings. The van der Waals surface area contributed by atoms with Crippen molar-refractivity contribution in [2.75, 3.05) is 20.2 Å². The number of methoxy groups -OCH3 is 1. The van der Waals surface area contributed by atoms with Crippen molar-refractivity contribution in [1.29, 1.82) is 0 Å². The van der Waals surface area contributed by atoms with Crippen LogP contribution in [-0.2, 0) is 6.54 Å². The zero-order valence-electron chi connectivity index (χ0n) is 11.9. The van der Waals surface area contributed by atoms with Crippen LogP contribution in [0.4, 0.5) is 0 Å².